The highest BCUT2D eigenvalue weighted by Crippen LogP contribution is 2.36. The van der Waals surface area contributed by atoms with Crippen molar-refractivity contribution < 1.29 is 13.9 Å². The van der Waals surface area contributed by atoms with E-state index >= 15 is 0 Å². The molecule has 0 atom stereocenters. The van der Waals surface area contributed by atoms with Gasteiger partial charge >= 0.3 is 0 Å². The van der Waals surface area contributed by atoms with Crippen LogP contribution in [0.5, 0.6) is 11.5 Å². The minimum absolute atomic E-state index is 0.436. The normalized spacial score (nSPS) is 10.4. The molecule has 1 heterocycles. The van der Waals surface area contributed by atoms with Crippen molar-refractivity contribution in [1.82, 2.24) is 5.32 Å². The maximum atomic E-state index is 5.60. The summed E-state index contributed by atoms with van der Waals surface area (Å²) in [5, 5.41) is 3.32. The molecular formula is C16H18BrNO3. The van der Waals surface area contributed by atoms with Crippen LogP contribution >= 0.6 is 15.9 Å². The summed E-state index contributed by atoms with van der Waals surface area (Å²) in [7, 11) is 1.63. The Morgan fingerprint density at radius 1 is 1.38 bits per heavy atom. The Labute approximate surface area is 132 Å². The number of rotatable bonds is 8. The largest absolute Gasteiger partial charge is 0.493 e. The third-order valence-electron chi connectivity index (χ3n) is 2.84. The highest BCUT2D eigenvalue weighted by molar-refractivity contribution is 9.10. The van der Waals surface area contributed by atoms with Crippen molar-refractivity contribution in [2.45, 2.75) is 13.1 Å². The van der Waals surface area contributed by atoms with E-state index in [4.69, 9.17) is 13.9 Å². The zero-order valence-corrected chi connectivity index (χ0v) is 13.5. The molecular weight excluding hydrogens is 334 g/mol. The molecule has 4 nitrogen and oxygen atoms in total. The molecule has 1 N–H and O–H groups in total. The second-order valence-corrected chi connectivity index (χ2v) is 5.25. The highest BCUT2D eigenvalue weighted by atomic mass is 79.9. The average molecular weight is 352 g/mol. The van der Waals surface area contributed by atoms with Crippen molar-refractivity contribution in [2.24, 2.45) is 0 Å². The number of methoxy groups -OCH3 is 1. The Kier molecular flexibility index (Phi) is 5.90. The van der Waals surface area contributed by atoms with Crippen LogP contribution in [-0.2, 0) is 13.1 Å². The van der Waals surface area contributed by atoms with Crippen LogP contribution in [-0.4, -0.2) is 13.7 Å². The lowest BCUT2D eigenvalue weighted by atomic mass is 10.2. The third-order valence-corrected chi connectivity index (χ3v) is 3.43. The predicted molar refractivity (Wildman–Crippen MR) is 85.6 cm³/mol. The number of benzene rings is 1. The molecule has 0 saturated carbocycles. The summed E-state index contributed by atoms with van der Waals surface area (Å²) in [6.07, 6.45) is 3.37. The molecule has 0 saturated heterocycles. The Hall–Kier alpha value is -1.72. The maximum absolute atomic E-state index is 5.60. The van der Waals surface area contributed by atoms with Crippen molar-refractivity contribution in [3.05, 3.63) is 59.0 Å². The first kappa shape index (κ1) is 15.7. The summed E-state index contributed by atoms with van der Waals surface area (Å²) < 4.78 is 17.1. The van der Waals surface area contributed by atoms with E-state index in [1.165, 1.54) is 0 Å². The molecule has 1 aromatic heterocycles. The van der Waals surface area contributed by atoms with Gasteiger partial charge in [0.2, 0.25) is 0 Å². The Bertz CT molecular complexity index is 581. The molecule has 112 valence electrons. The summed E-state index contributed by atoms with van der Waals surface area (Å²) in [6, 6.07) is 7.78. The van der Waals surface area contributed by atoms with Crippen molar-refractivity contribution in [3.63, 3.8) is 0 Å². The summed E-state index contributed by atoms with van der Waals surface area (Å²) in [5.41, 5.74) is 1.09. The zero-order chi connectivity index (χ0) is 15.1. The van der Waals surface area contributed by atoms with Crippen LogP contribution in [0.2, 0.25) is 0 Å². The van der Waals surface area contributed by atoms with Crippen LogP contribution < -0.4 is 14.8 Å². The molecule has 0 amide bonds. The van der Waals surface area contributed by atoms with Gasteiger partial charge in [-0.05, 0) is 45.8 Å². The van der Waals surface area contributed by atoms with Gasteiger partial charge in [0.25, 0.3) is 0 Å². The van der Waals surface area contributed by atoms with Crippen molar-refractivity contribution in [3.8, 4) is 11.5 Å². The second-order valence-electron chi connectivity index (χ2n) is 4.39. The van der Waals surface area contributed by atoms with Gasteiger partial charge < -0.3 is 19.2 Å². The standard InChI is InChI=1S/C16H18BrNO3/c1-3-6-21-16-14(17)8-12(9-15(16)19-2)10-18-11-13-5-4-7-20-13/h3-5,7-9,18H,1,6,10-11H2,2H3. The first-order chi connectivity index (χ1) is 10.2. The minimum atomic E-state index is 0.436. The van der Waals surface area contributed by atoms with E-state index in [0.717, 1.165) is 15.8 Å². The molecule has 0 unspecified atom stereocenters. The molecule has 1 aromatic carbocycles. The monoisotopic (exact) mass is 351 g/mol. The summed E-state index contributed by atoms with van der Waals surface area (Å²) in [5.74, 6) is 2.29. The fourth-order valence-electron chi connectivity index (χ4n) is 1.90. The van der Waals surface area contributed by atoms with Gasteiger partial charge in [-0.2, -0.15) is 0 Å². The topological polar surface area (TPSA) is 43.6 Å². The molecule has 0 spiro atoms. The third kappa shape index (κ3) is 4.37. The van der Waals surface area contributed by atoms with Gasteiger partial charge in [-0.1, -0.05) is 12.7 Å². The molecule has 2 rings (SSSR count). The first-order valence-corrected chi connectivity index (χ1v) is 7.37. The molecule has 0 bridgehead atoms. The van der Waals surface area contributed by atoms with E-state index in [2.05, 4.69) is 27.8 Å². The smallest absolute Gasteiger partial charge is 0.175 e. The first-order valence-electron chi connectivity index (χ1n) is 6.57. The van der Waals surface area contributed by atoms with E-state index in [1.54, 1.807) is 19.4 Å². The van der Waals surface area contributed by atoms with Gasteiger partial charge in [0.05, 0.1) is 24.4 Å². The number of furan rings is 1. The lowest BCUT2D eigenvalue weighted by Gasteiger charge is -2.13. The maximum Gasteiger partial charge on any atom is 0.175 e. The number of halogens is 1. The predicted octanol–water partition coefficient (Wildman–Crippen LogP) is 3.91. The molecule has 0 aliphatic carbocycles. The van der Waals surface area contributed by atoms with Gasteiger partial charge in [0.1, 0.15) is 12.4 Å². The molecule has 5 heteroatoms. The van der Waals surface area contributed by atoms with Gasteiger partial charge in [-0.3, -0.25) is 0 Å². The summed E-state index contributed by atoms with van der Waals surface area (Å²) in [4.78, 5) is 0. The lowest BCUT2D eigenvalue weighted by Crippen LogP contribution is -2.12. The number of hydrogen-bond acceptors (Lipinski definition) is 4. The van der Waals surface area contributed by atoms with E-state index in [9.17, 15) is 0 Å². The van der Waals surface area contributed by atoms with Gasteiger partial charge in [0.15, 0.2) is 11.5 Å². The molecule has 2 aromatic rings. The second kappa shape index (κ2) is 7.90. The van der Waals surface area contributed by atoms with Gasteiger partial charge in [-0.15, -0.1) is 0 Å². The van der Waals surface area contributed by atoms with Crippen LogP contribution in [0.3, 0.4) is 0 Å². The number of ether oxygens (including phenoxy) is 2. The molecule has 0 aliphatic heterocycles. The SMILES string of the molecule is C=CCOc1c(Br)cc(CNCc2ccco2)cc1OC. The summed E-state index contributed by atoms with van der Waals surface area (Å²) >= 11 is 3.51. The number of nitrogens with one attached hydrogen (secondary N) is 1. The lowest BCUT2D eigenvalue weighted by molar-refractivity contribution is 0.324. The van der Waals surface area contributed by atoms with E-state index in [-0.39, 0.29) is 0 Å². The molecule has 0 aliphatic rings. The Morgan fingerprint density at radius 2 is 2.24 bits per heavy atom. The fourth-order valence-corrected chi connectivity index (χ4v) is 2.50. The van der Waals surface area contributed by atoms with Crippen LogP contribution in [0.1, 0.15) is 11.3 Å². The Balaban J connectivity index is 2.02. The molecule has 0 radical (unpaired) electrons. The Morgan fingerprint density at radius 3 is 2.90 bits per heavy atom. The van der Waals surface area contributed by atoms with Crippen molar-refractivity contribution >= 4 is 15.9 Å². The van der Waals surface area contributed by atoms with E-state index in [0.29, 0.717) is 31.2 Å². The van der Waals surface area contributed by atoms with Crippen molar-refractivity contribution in [1.29, 1.82) is 0 Å². The zero-order valence-electron chi connectivity index (χ0n) is 11.9. The summed E-state index contributed by atoms with van der Waals surface area (Å²) in [6.45, 7) is 5.47. The number of hydrogen-bond donors (Lipinski definition) is 1. The highest BCUT2D eigenvalue weighted by Gasteiger charge is 2.11. The van der Waals surface area contributed by atoms with Crippen LogP contribution in [0.25, 0.3) is 0 Å². The fraction of sp³-hybridized carbons (Fsp3) is 0.250. The minimum Gasteiger partial charge on any atom is -0.493 e. The van der Waals surface area contributed by atoms with Crippen LogP contribution in [0, 0.1) is 0 Å². The van der Waals surface area contributed by atoms with Gasteiger partial charge in [-0.25, -0.2) is 0 Å². The van der Waals surface area contributed by atoms with Crippen LogP contribution in [0.4, 0.5) is 0 Å². The van der Waals surface area contributed by atoms with Crippen molar-refractivity contribution in [2.75, 3.05) is 13.7 Å². The average Bonchev–Trinajstić information content (AvgIpc) is 2.99. The van der Waals surface area contributed by atoms with Crippen LogP contribution in [0.15, 0.2) is 52.1 Å². The van der Waals surface area contributed by atoms with E-state index in [1.807, 2.05) is 24.3 Å². The molecule has 0 fully saturated rings. The quantitative estimate of drug-likeness (QED) is 0.732. The van der Waals surface area contributed by atoms with Gasteiger partial charge in [0, 0.05) is 6.54 Å². The van der Waals surface area contributed by atoms with E-state index < -0.39 is 0 Å². The molecule has 21 heavy (non-hydrogen) atoms.